The fraction of sp³-hybridized carbons (Fsp3) is 0.278. The maximum atomic E-state index is 13.4. The third kappa shape index (κ3) is 6.65. The summed E-state index contributed by atoms with van der Waals surface area (Å²) in [4.78, 5) is 13.1. The van der Waals surface area contributed by atoms with E-state index in [0.29, 0.717) is 11.4 Å². The smallest absolute Gasteiger partial charge is 0.237 e. The number of amides is 1. The Balaban J connectivity index is 0.00000312. The molecule has 0 aromatic heterocycles. The Morgan fingerprint density at radius 2 is 1.80 bits per heavy atom. The second kappa shape index (κ2) is 11.1. The first-order valence-corrected chi connectivity index (χ1v) is 8.58. The Morgan fingerprint density at radius 1 is 1.08 bits per heavy atom. The largest absolute Gasteiger partial charge is 0.355 e. The lowest BCUT2D eigenvalue weighted by Crippen LogP contribution is -2.30. The molecule has 0 aliphatic carbocycles. The minimum absolute atomic E-state index is 0. The summed E-state index contributed by atoms with van der Waals surface area (Å²) in [6.45, 7) is 1.37. The van der Waals surface area contributed by atoms with Gasteiger partial charge in [0.15, 0.2) is 11.6 Å². The van der Waals surface area contributed by atoms with Crippen molar-refractivity contribution in [1.29, 1.82) is 0 Å². The Morgan fingerprint density at radius 3 is 2.44 bits per heavy atom. The highest BCUT2D eigenvalue weighted by atomic mass is 35.5. The Hall–Kier alpha value is -1.63. The standard InChI is InChI=1S/C18H20F2N2OS.ClH/c1-21-10-5-11-22-18(23)17(13-6-3-2-4-7-13)24-14-8-9-15(19)16(20)12-14;/h2-4,6-9,12,17,21H,5,10-11H2,1H3,(H,22,23);1H. The van der Waals surface area contributed by atoms with E-state index in [4.69, 9.17) is 0 Å². The summed E-state index contributed by atoms with van der Waals surface area (Å²) < 4.78 is 26.5. The van der Waals surface area contributed by atoms with E-state index in [1.165, 1.54) is 17.8 Å². The molecule has 2 aromatic rings. The molecule has 2 rings (SSSR count). The van der Waals surface area contributed by atoms with Gasteiger partial charge in [0, 0.05) is 11.4 Å². The second-order valence-electron chi connectivity index (χ2n) is 5.23. The predicted octanol–water partition coefficient (Wildman–Crippen LogP) is 3.95. The summed E-state index contributed by atoms with van der Waals surface area (Å²) in [6, 6.07) is 12.9. The lowest BCUT2D eigenvalue weighted by molar-refractivity contribution is -0.120. The molecule has 3 nitrogen and oxygen atoms in total. The summed E-state index contributed by atoms with van der Waals surface area (Å²) in [5.41, 5.74) is 0.818. The molecule has 136 valence electrons. The molecule has 2 N–H and O–H groups in total. The Labute approximate surface area is 157 Å². The normalized spacial score (nSPS) is 11.5. The van der Waals surface area contributed by atoms with Crippen molar-refractivity contribution in [1.82, 2.24) is 10.6 Å². The van der Waals surface area contributed by atoms with Gasteiger partial charge in [0.25, 0.3) is 0 Å². The van der Waals surface area contributed by atoms with E-state index in [1.54, 1.807) is 0 Å². The van der Waals surface area contributed by atoms with E-state index in [1.807, 2.05) is 37.4 Å². The van der Waals surface area contributed by atoms with Crippen LogP contribution in [0.5, 0.6) is 0 Å². The average molecular weight is 387 g/mol. The lowest BCUT2D eigenvalue weighted by atomic mass is 10.1. The molecule has 25 heavy (non-hydrogen) atoms. The van der Waals surface area contributed by atoms with Gasteiger partial charge in [0.05, 0.1) is 0 Å². The van der Waals surface area contributed by atoms with Gasteiger partial charge in [-0.05, 0) is 43.8 Å². The van der Waals surface area contributed by atoms with Gasteiger partial charge in [-0.3, -0.25) is 4.79 Å². The molecule has 0 saturated carbocycles. The third-order valence-electron chi connectivity index (χ3n) is 3.39. The van der Waals surface area contributed by atoms with Crippen LogP contribution in [-0.4, -0.2) is 26.0 Å². The van der Waals surface area contributed by atoms with Crippen LogP contribution in [0.25, 0.3) is 0 Å². The summed E-state index contributed by atoms with van der Waals surface area (Å²) in [5, 5.41) is 5.39. The predicted molar refractivity (Wildman–Crippen MR) is 100 cm³/mol. The first-order valence-electron chi connectivity index (χ1n) is 7.71. The molecule has 1 amide bonds. The van der Waals surface area contributed by atoms with Crippen LogP contribution in [0, 0.1) is 11.6 Å². The summed E-state index contributed by atoms with van der Waals surface area (Å²) in [6.07, 6.45) is 0.819. The van der Waals surface area contributed by atoms with Crippen LogP contribution in [0.1, 0.15) is 17.2 Å². The van der Waals surface area contributed by atoms with Gasteiger partial charge < -0.3 is 10.6 Å². The van der Waals surface area contributed by atoms with E-state index < -0.39 is 16.9 Å². The van der Waals surface area contributed by atoms with Gasteiger partial charge in [0.1, 0.15) is 5.25 Å². The van der Waals surface area contributed by atoms with Crippen LogP contribution in [0.2, 0.25) is 0 Å². The lowest BCUT2D eigenvalue weighted by Gasteiger charge is -2.17. The number of halogens is 3. The highest BCUT2D eigenvalue weighted by molar-refractivity contribution is 8.00. The number of hydrogen-bond donors (Lipinski definition) is 2. The first kappa shape index (κ1) is 21.4. The van der Waals surface area contributed by atoms with E-state index in [-0.39, 0.29) is 18.3 Å². The number of benzene rings is 2. The van der Waals surface area contributed by atoms with Gasteiger partial charge in [-0.15, -0.1) is 24.2 Å². The van der Waals surface area contributed by atoms with Gasteiger partial charge in [-0.2, -0.15) is 0 Å². The van der Waals surface area contributed by atoms with Crippen molar-refractivity contribution in [3.63, 3.8) is 0 Å². The summed E-state index contributed by atoms with van der Waals surface area (Å²) in [5.74, 6) is -1.96. The summed E-state index contributed by atoms with van der Waals surface area (Å²) >= 11 is 1.20. The van der Waals surface area contributed by atoms with Crippen LogP contribution in [0.15, 0.2) is 53.4 Å². The molecular weight excluding hydrogens is 366 g/mol. The molecule has 7 heteroatoms. The minimum Gasteiger partial charge on any atom is -0.355 e. The Kier molecular flexibility index (Phi) is 9.49. The van der Waals surface area contributed by atoms with Crippen LogP contribution < -0.4 is 10.6 Å². The van der Waals surface area contributed by atoms with Gasteiger partial charge >= 0.3 is 0 Å². The van der Waals surface area contributed by atoms with Crippen molar-refractivity contribution >= 4 is 30.1 Å². The van der Waals surface area contributed by atoms with Crippen LogP contribution >= 0.6 is 24.2 Å². The van der Waals surface area contributed by atoms with Crippen LogP contribution in [0.3, 0.4) is 0 Å². The van der Waals surface area contributed by atoms with Crippen LogP contribution in [-0.2, 0) is 4.79 Å². The number of thioether (sulfide) groups is 1. The van der Waals surface area contributed by atoms with E-state index in [9.17, 15) is 13.6 Å². The number of hydrogen-bond acceptors (Lipinski definition) is 3. The number of carbonyl (C=O) groups is 1. The van der Waals surface area contributed by atoms with E-state index in [0.717, 1.165) is 30.7 Å². The van der Waals surface area contributed by atoms with E-state index in [2.05, 4.69) is 10.6 Å². The third-order valence-corrected chi connectivity index (χ3v) is 4.64. The van der Waals surface area contributed by atoms with Crippen molar-refractivity contribution in [2.24, 2.45) is 0 Å². The monoisotopic (exact) mass is 386 g/mol. The highest BCUT2D eigenvalue weighted by Gasteiger charge is 2.22. The maximum Gasteiger partial charge on any atom is 0.237 e. The number of rotatable bonds is 8. The zero-order valence-electron chi connectivity index (χ0n) is 13.8. The van der Waals surface area contributed by atoms with Crippen molar-refractivity contribution in [3.05, 3.63) is 65.7 Å². The summed E-state index contributed by atoms with van der Waals surface area (Å²) in [7, 11) is 1.85. The molecule has 0 saturated heterocycles. The fourth-order valence-electron chi connectivity index (χ4n) is 2.16. The molecule has 0 heterocycles. The molecule has 0 spiro atoms. The highest BCUT2D eigenvalue weighted by Crippen LogP contribution is 2.35. The van der Waals surface area contributed by atoms with Gasteiger partial charge in [0.2, 0.25) is 5.91 Å². The van der Waals surface area contributed by atoms with Crippen LogP contribution in [0.4, 0.5) is 8.78 Å². The fourth-order valence-corrected chi connectivity index (χ4v) is 3.23. The first-order chi connectivity index (χ1) is 11.6. The Bertz CT molecular complexity index is 673. The average Bonchev–Trinajstić information content (AvgIpc) is 2.60. The molecule has 0 aliphatic heterocycles. The second-order valence-corrected chi connectivity index (χ2v) is 6.41. The zero-order chi connectivity index (χ0) is 17.4. The maximum absolute atomic E-state index is 13.4. The molecular formula is C18H21ClF2N2OS. The number of nitrogens with one attached hydrogen (secondary N) is 2. The molecule has 0 fully saturated rings. The van der Waals surface area contributed by atoms with E-state index >= 15 is 0 Å². The topological polar surface area (TPSA) is 41.1 Å². The van der Waals surface area contributed by atoms with Crippen molar-refractivity contribution in [2.45, 2.75) is 16.6 Å². The minimum atomic E-state index is -0.916. The van der Waals surface area contributed by atoms with Crippen molar-refractivity contribution in [2.75, 3.05) is 20.1 Å². The quantitative estimate of drug-likeness (QED) is 0.533. The molecule has 1 atom stereocenters. The van der Waals surface area contributed by atoms with Crippen molar-refractivity contribution in [3.8, 4) is 0 Å². The molecule has 2 aromatic carbocycles. The number of carbonyl (C=O) groups excluding carboxylic acids is 1. The zero-order valence-corrected chi connectivity index (χ0v) is 15.4. The molecule has 0 radical (unpaired) electrons. The van der Waals surface area contributed by atoms with Gasteiger partial charge in [-0.1, -0.05) is 30.3 Å². The SMILES string of the molecule is CNCCCNC(=O)C(Sc1ccc(F)c(F)c1)c1ccccc1.Cl. The molecule has 0 bridgehead atoms. The molecule has 0 aliphatic rings. The van der Waals surface area contributed by atoms with Crippen molar-refractivity contribution < 1.29 is 13.6 Å². The molecule has 1 unspecified atom stereocenters. The van der Waals surface area contributed by atoms with Gasteiger partial charge in [-0.25, -0.2) is 8.78 Å².